The first-order valence-electron chi connectivity index (χ1n) is 6.84. The highest BCUT2D eigenvalue weighted by atomic mass is 19.1. The predicted octanol–water partition coefficient (Wildman–Crippen LogP) is 4.45. The number of nitrogens with zero attached hydrogens (tertiary/aromatic N) is 1. The van der Waals surface area contributed by atoms with E-state index < -0.39 is 11.8 Å². The second-order valence-electron chi connectivity index (χ2n) is 5.11. The lowest BCUT2D eigenvalue weighted by Gasteiger charge is -2.19. The van der Waals surface area contributed by atoms with Gasteiger partial charge >= 0.3 is 5.97 Å². The zero-order valence-electron chi connectivity index (χ0n) is 11.6. The molecule has 0 saturated heterocycles. The highest BCUT2D eigenvalue weighted by Gasteiger charge is 2.19. The van der Waals surface area contributed by atoms with Gasteiger partial charge in [0.1, 0.15) is 5.82 Å². The molecule has 0 aromatic heterocycles. The molecule has 2 aromatic carbocycles. The number of carboxylic acids is 1. The molecule has 3 rings (SSSR count). The number of carbonyl (C=O) groups is 1. The largest absolute Gasteiger partial charge is 0.478 e. The number of rotatable bonds is 2. The number of aromatic carboxylic acids is 1. The van der Waals surface area contributed by atoms with E-state index in [4.69, 9.17) is 11.7 Å². The predicted molar refractivity (Wildman–Crippen MR) is 81.5 cm³/mol. The number of hydrogen-bond donors (Lipinski definition) is 1. The zero-order chi connectivity index (χ0) is 15.7. The molecule has 0 heterocycles. The number of aryl methyl sites for hydroxylation is 1. The first-order chi connectivity index (χ1) is 10.6. The van der Waals surface area contributed by atoms with Crippen LogP contribution < -0.4 is 0 Å². The molecule has 1 N–H and O–H groups in total. The monoisotopic (exact) mass is 293 g/mol. The summed E-state index contributed by atoms with van der Waals surface area (Å²) in [5.74, 6) is -1.41. The van der Waals surface area contributed by atoms with Crippen molar-refractivity contribution in [1.82, 2.24) is 0 Å². The van der Waals surface area contributed by atoms with E-state index in [9.17, 15) is 9.18 Å². The maximum Gasteiger partial charge on any atom is 0.335 e. The quantitative estimate of drug-likeness (QED) is 0.831. The van der Waals surface area contributed by atoms with E-state index in [1.165, 1.54) is 18.2 Å². The van der Waals surface area contributed by atoms with Crippen LogP contribution in [0, 0.1) is 12.4 Å². The summed E-state index contributed by atoms with van der Waals surface area (Å²) >= 11 is 0. The highest BCUT2D eigenvalue weighted by molar-refractivity contribution is 5.93. The molecule has 0 saturated carbocycles. The van der Waals surface area contributed by atoms with Crippen molar-refractivity contribution in [3.05, 3.63) is 82.0 Å². The smallest absolute Gasteiger partial charge is 0.335 e. The van der Waals surface area contributed by atoms with Crippen molar-refractivity contribution >= 4 is 17.2 Å². The van der Waals surface area contributed by atoms with Gasteiger partial charge in [0.25, 0.3) is 0 Å². The van der Waals surface area contributed by atoms with Crippen molar-refractivity contribution in [1.29, 1.82) is 0 Å². The number of fused-ring (bicyclic) bond motifs is 1. The van der Waals surface area contributed by atoms with Crippen LogP contribution in [0.1, 0.15) is 33.5 Å². The van der Waals surface area contributed by atoms with Gasteiger partial charge in [-0.1, -0.05) is 18.2 Å². The summed E-state index contributed by atoms with van der Waals surface area (Å²) < 4.78 is 13.6. The second-order valence-corrected chi connectivity index (χ2v) is 5.11. The van der Waals surface area contributed by atoms with E-state index in [2.05, 4.69) is 4.85 Å². The van der Waals surface area contributed by atoms with Crippen molar-refractivity contribution in [2.45, 2.75) is 12.8 Å². The maximum atomic E-state index is 13.6. The third kappa shape index (κ3) is 2.38. The molecule has 4 heteroatoms. The maximum absolute atomic E-state index is 13.6. The van der Waals surface area contributed by atoms with Crippen LogP contribution in [0.15, 0.2) is 42.5 Å². The summed E-state index contributed by atoms with van der Waals surface area (Å²) in [6, 6.07) is 9.01. The van der Waals surface area contributed by atoms with Gasteiger partial charge < -0.3 is 5.11 Å². The van der Waals surface area contributed by atoms with Crippen LogP contribution in [-0.4, -0.2) is 11.1 Å². The first-order valence-corrected chi connectivity index (χ1v) is 6.84. The fraction of sp³-hybridized carbons (Fsp3) is 0.111. The lowest BCUT2D eigenvalue weighted by molar-refractivity contribution is 0.0697. The Morgan fingerprint density at radius 2 is 2.00 bits per heavy atom. The molecular weight excluding hydrogens is 281 g/mol. The first kappa shape index (κ1) is 14.0. The van der Waals surface area contributed by atoms with E-state index in [0.717, 1.165) is 29.5 Å². The standard InChI is InChI=1S/C18H12FNO2/c1-20-17-8-7-13(19)10-16(17)14-4-2-3-11-5-6-12(18(21)22)9-15(11)14/h4-10H,2-3H2,(H,21,22). The van der Waals surface area contributed by atoms with Crippen molar-refractivity contribution < 1.29 is 14.3 Å². The molecule has 0 aliphatic heterocycles. The fourth-order valence-electron chi connectivity index (χ4n) is 2.74. The van der Waals surface area contributed by atoms with Gasteiger partial charge in [0.2, 0.25) is 0 Å². The molecule has 0 spiro atoms. The summed E-state index contributed by atoms with van der Waals surface area (Å²) in [6.45, 7) is 7.25. The van der Waals surface area contributed by atoms with Crippen LogP contribution in [0.2, 0.25) is 0 Å². The van der Waals surface area contributed by atoms with Crippen LogP contribution in [0.25, 0.3) is 10.4 Å². The van der Waals surface area contributed by atoms with Gasteiger partial charge in [-0.15, -0.1) is 0 Å². The number of benzene rings is 2. The van der Waals surface area contributed by atoms with Crippen LogP contribution in [0.5, 0.6) is 0 Å². The van der Waals surface area contributed by atoms with Gasteiger partial charge in [-0.3, -0.25) is 0 Å². The molecule has 0 unspecified atom stereocenters. The summed E-state index contributed by atoms with van der Waals surface area (Å²) in [6.07, 6.45) is 3.53. The van der Waals surface area contributed by atoms with Crippen LogP contribution in [0.4, 0.5) is 10.1 Å². The Morgan fingerprint density at radius 3 is 2.73 bits per heavy atom. The average molecular weight is 293 g/mol. The molecule has 22 heavy (non-hydrogen) atoms. The Balaban J connectivity index is 2.21. The molecule has 1 aliphatic rings. The second kappa shape index (κ2) is 5.45. The minimum Gasteiger partial charge on any atom is -0.478 e. The van der Waals surface area contributed by atoms with Gasteiger partial charge in [0, 0.05) is 0 Å². The third-order valence-electron chi connectivity index (χ3n) is 3.78. The molecular formula is C18H12FNO2. The van der Waals surface area contributed by atoms with E-state index in [1.807, 2.05) is 6.08 Å². The topological polar surface area (TPSA) is 41.7 Å². The fourth-order valence-corrected chi connectivity index (χ4v) is 2.74. The SMILES string of the molecule is [C-]#[N+]c1ccc(F)cc1C1=CCCc2ccc(C(=O)O)cc21. The van der Waals surface area contributed by atoms with Crippen LogP contribution in [0.3, 0.4) is 0 Å². The summed E-state index contributed by atoms with van der Waals surface area (Å²) in [5, 5.41) is 9.16. The van der Waals surface area contributed by atoms with Gasteiger partial charge in [-0.05, 0) is 59.4 Å². The lowest BCUT2D eigenvalue weighted by Crippen LogP contribution is -2.05. The van der Waals surface area contributed by atoms with Gasteiger partial charge in [-0.25, -0.2) is 14.0 Å². The van der Waals surface area contributed by atoms with Crippen molar-refractivity contribution in [3.8, 4) is 0 Å². The van der Waals surface area contributed by atoms with Crippen molar-refractivity contribution in [3.63, 3.8) is 0 Å². The van der Waals surface area contributed by atoms with E-state index in [0.29, 0.717) is 11.3 Å². The number of halogens is 1. The summed E-state index contributed by atoms with van der Waals surface area (Å²) in [7, 11) is 0. The molecule has 2 aromatic rings. The van der Waals surface area contributed by atoms with E-state index in [1.54, 1.807) is 18.2 Å². The molecule has 108 valence electrons. The minimum absolute atomic E-state index is 0.187. The molecule has 0 amide bonds. The third-order valence-corrected chi connectivity index (χ3v) is 3.78. The minimum atomic E-state index is -1.00. The Morgan fingerprint density at radius 1 is 1.18 bits per heavy atom. The van der Waals surface area contributed by atoms with Crippen molar-refractivity contribution in [2.75, 3.05) is 0 Å². The lowest BCUT2D eigenvalue weighted by atomic mass is 9.85. The Hall–Kier alpha value is -2.93. The van der Waals surface area contributed by atoms with E-state index in [-0.39, 0.29) is 5.56 Å². The molecule has 0 fully saturated rings. The molecule has 0 bridgehead atoms. The van der Waals surface area contributed by atoms with Crippen molar-refractivity contribution in [2.24, 2.45) is 0 Å². The Bertz CT molecular complexity index is 847. The Labute approximate surface area is 127 Å². The Kier molecular flexibility index (Phi) is 3.48. The van der Waals surface area contributed by atoms with Crippen LogP contribution in [-0.2, 0) is 6.42 Å². The van der Waals surface area contributed by atoms with Crippen LogP contribution >= 0.6 is 0 Å². The zero-order valence-corrected chi connectivity index (χ0v) is 11.6. The normalized spacial score (nSPS) is 13.0. The van der Waals surface area contributed by atoms with Gasteiger partial charge in [0.15, 0.2) is 5.69 Å². The number of allylic oxidation sites excluding steroid dienone is 1. The molecule has 1 aliphatic carbocycles. The summed E-state index contributed by atoms with van der Waals surface area (Å²) in [4.78, 5) is 14.6. The van der Waals surface area contributed by atoms with E-state index >= 15 is 0 Å². The molecule has 3 nitrogen and oxygen atoms in total. The average Bonchev–Trinajstić information content (AvgIpc) is 2.53. The highest BCUT2D eigenvalue weighted by Crippen LogP contribution is 2.37. The number of carboxylic acid groups (broad SMARTS) is 1. The van der Waals surface area contributed by atoms with Gasteiger partial charge in [-0.2, -0.15) is 0 Å². The molecule has 0 radical (unpaired) electrons. The molecule has 0 atom stereocenters. The summed E-state index contributed by atoms with van der Waals surface area (Å²) in [5.41, 5.74) is 3.58. The number of hydrogen-bond acceptors (Lipinski definition) is 1. The van der Waals surface area contributed by atoms with Gasteiger partial charge in [0.05, 0.1) is 12.1 Å².